The summed E-state index contributed by atoms with van der Waals surface area (Å²) in [6.07, 6.45) is 19.9. The molecule has 0 atom stereocenters. The number of hydrogen-bond acceptors (Lipinski definition) is 4. The van der Waals surface area contributed by atoms with Crippen molar-refractivity contribution in [1.82, 2.24) is 0 Å². The summed E-state index contributed by atoms with van der Waals surface area (Å²) in [4.78, 5) is 12.4. The normalized spacial score (nSPS) is 11.2. The summed E-state index contributed by atoms with van der Waals surface area (Å²) in [6, 6.07) is 14.6. The molecule has 6 heteroatoms. The molecule has 0 fully saturated rings. The number of hydrogen-bond donors (Lipinski definition) is 0. The largest absolute Gasteiger partial charge is 0.736 e. The van der Waals surface area contributed by atoms with Crippen molar-refractivity contribution >= 4 is 7.82 Å². The third kappa shape index (κ3) is 15.1. The van der Waals surface area contributed by atoms with Gasteiger partial charge in [-0.05, 0) is 61.1 Å². The third-order valence-electron chi connectivity index (χ3n) is 6.42. The summed E-state index contributed by atoms with van der Waals surface area (Å²) in [7, 11) is -4.50. The van der Waals surface area contributed by atoms with Crippen LogP contribution in [0.15, 0.2) is 48.5 Å². The summed E-state index contributed by atoms with van der Waals surface area (Å²) in [5, 5.41) is 0. The van der Waals surface area contributed by atoms with Crippen molar-refractivity contribution in [3.8, 4) is 11.5 Å². The van der Waals surface area contributed by atoms with E-state index in [0.717, 1.165) is 25.7 Å². The maximum Gasteiger partial charge on any atom is 0.372 e. The van der Waals surface area contributed by atoms with E-state index in [4.69, 9.17) is 9.05 Å². The van der Waals surface area contributed by atoms with Gasteiger partial charge in [-0.2, -0.15) is 0 Å². The molecule has 0 unspecified atom stereocenters. The molecule has 0 bridgehead atoms. The Morgan fingerprint density at radius 3 is 1.19 bits per heavy atom. The van der Waals surface area contributed by atoms with Gasteiger partial charge in [0.1, 0.15) is 11.5 Å². The number of phosphoric acid groups is 1. The van der Waals surface area contributed by atoms with Crippen LogP contribution in [-0.4, -0.2) is 0 Å². The third-order valence-corrected chi connectivity index (χ3v) is 7.29. The van der Waals surface area contributed by atoms with Crippen LogP contribution in [0, 0.1) is 0 Å². The van der Waals surface area contributed by atoms with Gasteiger partial charge in [0.15, 0.2) is 0 Å². The molecular weight excluding hydrogens is 514 g/mol. The molecule has 0 N–H and O–H groups in total. The van der Waals surface area contributed by atoms with Crippen LogP contribution in [-0.2, 0) is 33.9 Å². The quantitative estimate of drug-likeness (QED) is 0.0921. The van der Waals surface area contributed by atoms with E-state index in [0.29, 0.717) is 0 Å². The van der Waals surface area contributed by atoms with E-state index in [1.54, 1.807) is 24.3 Å². The Bertz CT molecular complexity index is 772. The number of phosphoric ester groups is 1. The number of unbranched alkanes of at least 4 members (excludes halogenated alkanes) is 12. The predicted molar refractivity (Wildman–Crippen MR) is 145 cm³/mol. The molecular formula is C30H46NiO4P-. The molecule has 0 aromatic heterocycles. The van der Waals surface area contributed by atoms with E-state index < -0.39 is 7.82 Å². The fourth-order valence-corrected chi connectivity index (χ4v) is 5.08. The Labute approximate surface area is 230 Å². The Hall–Kier alpha value is -1.28. The molecule has 0 spiro atoms. The van der Waals surface area contributed by atoms with Crippen LogP contribution in [0.5, 0.6) is 11.5 Å². The van der Waals surface area contributed by atoms with Gasteiger partial charge in [-0.3, -0.25) is 0 Å². The topological polar surface area (TPSA) is 58.6 Å². The zero-order chi connectivity index (χ0) is 25.2. The fraction of sp³-hybridized carbons (Fsp3) is 0.600. The molecule has 0 aliphatic rings. The summed E-state index contributed by atoms with van der Waals surface area (Å²) >= 11 is 0. The first-order chi connectivity index (χ1) is 17.0. The molecule has 2 aromatic rings. The zero-order valence-corrected chi connectivity index (χ0v) is 24.2. The minimum atomic E-state index is -4.50. The number of benzene rings is 2. The zero-order valence-electron chi connectivity index (χ0n) is 22.3. The van der Waals surface area contributed by atoms with E-state index >= 15 is 0 Å². The minimum Gasteiger partial charge on any atom is -0.736 e. The fourth-order valence-electron chi connectivity index (χ4n) is 4.28. The van der Waals surface area contributed by atoms with Crippen molar-refractivity contribution in [3.63, 3.8) is 0 Å². The molecule has 2 rings (SSSR count). The smallest absolute Gasteiger partial charge is 0.372 e. The van der Waals surface area contributed by atoms with E-state index in [-0.39, 0.29) is 28.0 Å². The van der Waals surface area contributed by atoms with E-state index in [9.17, 15) is 9.46 Å². The molecule has 0 saturated carbocycles. The molecule has 206 valence electrons. The van der Waals surface area contributed by atoms with Crippen molar-refractivity contribution in [2.24, 2.45) is 0 Å². The molecule has 36 heavy (non-hydrogen) atoms. The van der Waals surface area contributed by atoms with Crippen LogP contribution < -0.4 is 13.9 Å². The minimum absolute atomic E-state index is 0. The molecule has 0 aliphatic carbocycles. The molecule has 2 aromatic carbocycles. The van der Waals surface area contributed by atoms with Crippen molar-refractivity contribution in [2.45, 2.75) is 117 Å². The second-order valence-electron chi connectivity index (χ2n) is 9.66. The van der Waals surface area contributed by atoms with Crippen molar-refractivity contribution in [1.29, 1.82) is 0 Å². The first kappa shape index (κ1) is 32.8. The van der Waals surface area contributed by atoms with Crippen LogP contribution in [0.2, 0.25) is 0 Å². The Morgan fingerprint density at radius 1 is 0.556 bits per heavy atom. The average molecular weight is 560 g/mol. The van der Waals surface area contributed by atoms with Crippen LogP contribution in [0.4, 0.5) is 0 Å². The number of aryl methyl sites for hydroxylation is 2. The standard InChI is InChI=1S/C30H47O4P.Ni/c1-3-5-7-9-11-13-15-17-27-19-23-29(24-20-27)33-35(31,32)34-30-25-21-28(22-26-30)18-16-14-12-10-8-6-4-2;/h19-26H,3-18H2,1-2H3,(H,31,32);/p-1. The second kappa shape index (κ2) is 19.8. The van der Waals surface area contributed by atoms with Gasteiger partial charge in [0.25, 0.3) is 0 Å². The molecule has 4 nitrogen and oxygen atoms in total. The van der Waals surface area contributed by atoms with Crippen molar-refractivity contribution in [3.05, 3.63) is 59.7 Å². The van der Waals surface area contributed by atoms with Gasteiger partial charge < -0.3 is 13.9 Å². The van der Waals surface area contributed by atoms with Crippen molar-refractivity contribution < 1.29 is 35.0 Å². The monoisotopic (exact) mass is 559 g/mol. The van der Waals surface area contributed by atoms with Crippen LogP contribution in [0.3, 0.4) is 0 Å². The van der Waals surface area contributed by atoms with E-state index in [1.165, 1.54) is 88.2 Å². The van der Waals surface area contributed by atoms with Crippen LogP contribution in [0.25, 0.3) is 0 Å². The Kier molecular flexibility index (Phi) is 18.0. The van der Waals surface area contributed by atoms with Gasteiger partial charge in [0.05, 0.1) is 0 Å². The van der Waals surface area contributed by atoms with Gasteiger partial charge in [0.2, 0.25) is 0 Å². The summed E-state index contributed by atoms with van der Waals surface area (Å²) in [5.41, 5.74) is 2.40. The van der Waals surface area contributed by atoms with Gasteiger partial charge >= 0.3 is 7.82 Å². The predicted octanol–water partition coefficient (Wildman–Crippen LogP) is 9.20. The van der Waals surface area contributed by atoms with E-state index in [1.807, 2.05) is 24.3 Å². The van der Waals surface area contributed by atoms with Crippen LogP contribution >= 0.6 is 7.82 Å². The first-order valence-electron chi connectivity index (χ1n) is 13.9. The first-order valence-corrected chi connectivity index (χ1v) is 15.4. The Balaban J connectivity index is 0.00000648. The molecule has 0 aliphatic heterocycles. The maximum absolute atomic E-state index is 12.4. The summed E-state index contributed by atoms with van der Waals surface area (Å²) in [5.74, 6) is 0.560. The van der Waals surface area contributed by atoms with Gasteiger partial charge in [-0.1, -0.05) is 115 Å². The Morgan fingerprint density at radius 2 is 0.861 bits per heavy atom. The van der Waals surface area contributed by atoms with E-state index in [2.05, 4.69) is 13.8 Å². The number of rotatable bonds is 20. The maximum atomic E-state index is 12.4. The molecule has 0 saturated heterocycles. The van der Waals surface area contributed by atoms with Gasteiger partial charge in [-0.15, -0.1) is 0 Å². The molecule has 0 radical (unpaired) electrons. The SMILES string of the molecule is CCCCCCCCCc1ccc(OP(=O)([O-])Oc2ccc(CCCCCCCCC)cc2)cc1.[Ni]. The van der Waals surface area contributed by atoms with Gasteiger partial charge in [0, 0.05) is 16.5 Å². The second-order valence-corrected chi connectivity index (χ2v) is 10.9. The summed E-state index contributed by atoms with van der Waals surface area (Å²) < 4.78 is 22.7. The average Bonchev–Trinajstić information content (AvgIpc) is 2.84. The summed E-state index contributed by atoms with van der Waals surface area (Å²) in [6.45, 7) is 4.47. The van der Waals surface area contributed by atoms with Crippen LogP contribution in [0.1, 0.15) is 115 Å². The molecule has 0 amide bonds. The van der Waals surface area contributed by atoms with Crippen molar-refractivity contribution in [2.75, 3.05) is 0 Å². The van der Waals surface area contributed by atoms with Gasteiger partial charge in [-0.25, -0.2) is 4.57 Å². The molecule has 0 heterocycles.